The van der Waals surface area contributed by atoms with E-state index in [1.54, 1.807) is 6.33 Å². The molecule has 1 atom stereocenters. The Morgan fingerprint density at radius 1 is 1.26 bits per heavy atom. The lowest BCUT2D eigenvalue weighted by Crippen LogP contribution is -2.43. The number of aromatic nitrogens is 2. The number of ether oxygens (including phenoxy) is 1. The van der Waals surface area contributed by atoms with Crippen LogP contribution in [-0.2, 0) is 0 Å². The van der Waals surface area contributed by atoms with Gasteiger partial charge in [0.15, 0.2) is 0 Å². The average Bonchev–Trinajstić information content (AvgIpc) is 2.44. The molecule has 1 aromatic carbocycles. The smallest absolute Gasteiger partial charge is 0.138 e. The highest BCUT2D eigenvalue weighted by molar-refractivity contribution is 6.32. The summed E-state index contributed by atoms with van der Waals surface area (Å²) in [7, 11) is 0. The van der Waals surface area contributed by atoms with E-state index in [4.69, 9.17) is 22.1 Å². The molecule has 0 saturated heterocycles. The van der Waals surface area contributed by atoms with Gasteiger partial charge in [0.1, 0.15) is 18.7 Å². The molecule has 2 N–H and O–H groups in total. The van der Waals surface area contributed by atoms with Gasteiger partial charge in [-0.05, 0) is 50.5 Å². The number of hydrogen-bond acceptors (Lipinski definition) is 4. The Hall–Kier alpha value is -1.65. The predicted molar refractivity (Wildman–Crippen MR) is 94.8 cm³/mol. The van der Waals surface area contributed by atoms with Crippen molar-refractivity contribution in [2.45, 2.75) is 39.7 Å². The Morgan fingerprint density at radius 3 is 2.61 bits per heavy atom. The summed E-state index contributed by atoms with van der Waals surface area (Å²) < 4.78 is 5.83. The molecule has 2 aromatic rings. The molecule has 0 aliphatic heterocycles. The first-order valence-corrected chi connectivity index (χ1v) is 8.15. The fourth-order valence-corrected chi connectivity index (χ4v) is 2.86. The van der Waals surface area contributed by atoms with Crippen molar-refractivity contribution in [1.82, 2.24) is 9.97 Å². The first-order chi connectivity index (χ1) is 10.8. The molecule has 0 fully saturated rings. The second kappa shape index (κ2) is 7.28. The number of halogens is 1. The van der Waals surface area contributed by atoms with Crippen molar-refractivity contribution in [1.29, 1.82) is 0 Å². The van der Waals surface area contributed by atoms with Crippen LogP contribution in [0.25, 0.3) is 11.3 Å². The summed E-state index contributed by atoms with van der Waals surface area (Å²) in [6.45, 7) is 8.66. The lowest BCUT2D eigenvalue weighted by molar-refractivity contribution is 0.207. The van der Waals surface area contributed by atoms with E-state index in [0.29, 0.717) is 23.3 Å². The topological polar surface area (TPSA) is 61.0 Å². The minimum Gasteiger partial charge on any atom is -0.490 e. The molecule has 0 bridgehead atoms. The van der Waals surface area contributed by atoms with Gasteiger partial charge in [0.25, 0.3) is 0 Å². The SMILES string of the molecule is Cc1cc(-c2ccc(OCC(C)(N)CC(C)C)c(Cl)c2)ncn1. The predicted octanol–water partition coefficient (Wildman–Crippen LogP) is 4.25. The van der Waals surface area contributed by atoms with Crippen LogP contribution in [0.1, 0.15) is 32.9 Å². The zero-order valence-electron chi connectivity index (χ0n) is 14.1. The van der Waals surface area contributed by atoms with E-state index in [1.807, 2.05) is 38.1 Å². The molecular weight excluding hydrogens is 310 g/mol. The van der Waals surface area contributed by atoms with E-state index in [9.17, 15) is 0 Å². The Balaban J connectivity index is 2.11. The summed E-state index contributed by atoms with van der Waals surface area (Å²) in [5.41, 5.74) is 8.59. The maximum absolute atomic E-state index is 6.34. The Kier molecular flexibility index (Phi) is 5.60. The maximum atomic E-state index is 6.34. The van der Waals surface area contributed by atoms with Crippen LogP contribution in [0.3, 0.4) is 0 Å². The monoisotopic (exact) mass is 333 g/mol. The normalized spacial score (nSPS) is 13.9. The second-order valence-electron chi connectivity index (χ2n) is 6.73. The van der Waals surface area contributed by atoms with Crippen LogP contribution in [0.15, 0.2) is 30.6 Å². The van der Waals surface area contributed by atoms with Gasteiger partial charge in [-0.3, -0.25) is 0 Å². The number of benzene rings is 1. The number of rotatable bonds is 6. The molecule has 4 nitrogen and oxygen atoms in total. The van der Waals surface area contributed by atoms with Crippen LogP contribution < -0.4 is 10.5 Å². The summed E-state index contributed by atoms with van der Waals surface area (Å²) in [5.74, 6) is 1.16. The van der Waals surface area contributed by atoms with E-state index in [2.05, 4.69) is 23.8 Å². The molecule has 0 amide bonds. The van der Waals surface area contributed by atoms with Crippen LogP contribution >= 0.6 is 11.6 Å². The minimum atomic E-state index is -0.375. The standard InChI is InChI=1S/C18H24ClN3O/c1-12(2)9-18(4,20)10-23-17-6-5-14(8-15(17)19)16-7-13(3)21-11-22-16/h5-8,11-12H,9-10,20H2,1-4H3. The van der Waals surface area contributed by atoms with E-state index >= 15 is 0 Å². The van der Waals surface area contributed by atoms with Crippen molar-refractivity contribution >= 4 is 11.6 Å². The molecular formula is C18H24ClN3O. The van der Waals surface area contributed by atoms with Gasteiger partial charge in [-0.15, -0.1) is 0 Å². The van der Waals surface area contributed by atoms with Crippen LogP contribution in [0.4, 0.5) is 0 Å². The summed E-state index contributed by atoms with van der Waals surface area (Å²) in [6.07, 6.45) is 2.44. The first kappa shape index (κ1) is 17.7. The molecule has 5 heteroatoms. The fourth-order valence-electron chi connectivity index (χ4n) is 2.62. The lowest BCUT2D eigenvalue weighted by atomic mass is 9.93. The van der Waals surface area contributed by atoms with Crippen molar-refractivity contribution in [3.63, 3.8) is 0 Å². The summed E-state index contributed by atoms with van der Waals surface area (Å²) in [4.78, 5) is 8.37. The van der Waals surface area contributed by atoms with Crippen molar-refractivity contribution in [2.75, 3.05) is 6.61 Å². The zero-order valence-corrected chi connectivity index (χ0v) is 14.9. The minimum absolute atomic E-state index is 0.375. The van der Waals surface area contributed by atoms with Gasteiger partial charge in [-0.2, -0.15) is 0 Å². The zero-order chi connectivity index (χ0) is 17.0. The van der Waals surface area contributed by atoms with Crippen molar-refractivity contribution < 1.29 is 4.74 Å². The molecule has 2 rings (SSSR count). The molecule has 0 aliphatic rings. The third-order valence-corrected chi connectivity index (χ3v) is 3.76. The number of nitrogens with zero attached hydrogens (tertiary/aromatic N) is 2. The third-order valence-electron chi connectivity index (χ3n) is 3.46. The maximum Gasteiger partial charge on any atom is 0.138 e. The van der Waals surface area contributed by atoms with Gasteiger partial charge < -0.3 is 10.5 Å². The van der Waals surface area contributed by atoms with E-state index < -0.39 is 0 Å². The van der Waals surface area contributed by atoms with Crippen LogP contribution in [-0.4, -0.2) is 22.1 Å². The second-order valence-corrected chi connectivity index (χ2v) is 7.14. The number of aryl methyl sites for hydroxylation is 1. The van der Waals surface area contributed by atoms with Gasteiger partial charge in [0, 0.05) is 16.8 Å². The van der Waals surface area contributed by atoms with Crippen LogP contribution in [0, 0.1) is 12.8 Å². The highest BCUT2D eigenvalue weighted by Gasteiger charge is 2.21. The van der Waals surface area contributed by atoms with E-state index in [-0.39, 0.29) is 5.54 Å². The molecule has 1 heterocycles. The summed E-state index contributed by atoms with van der Waals surface area (Å²) in [6, 6.07) is 7.58. The van der Waals surface area contributed by atoms with Gasteiger partial charge in [-0.25, -0.2) is 9.97 Å². The molecule has 0 aliphatic carbocycles. The van der Waals surface area contributed by atoms with Crippen LogP contribution in [0.2, 0.25) is 5.02 Å². The molecule has 124 valence electrons. The molecule has 0 saturated carbocycles. The molecule has 23 heavy (non-hydrogen) atoms. The molecule has 1 unspecified atom stereocenters. The quantitative estimate of drug-likeness (QED) is 0.858. The Morgan fingerprint density at radius 2 is 2.00 bits per heavy atom. The fraction of sp³-hybridized carbons (Fsp3) is 0.444. The van der Waals surface area contributed by atoms with Crippen molar-refractivity contribution in [3.8, 4) is 17.0 Å². The lowest BCUT2D eigenvalue weighted by Gasteiger charge is -2.26. The van der Waals surface area contributed by atoms with Gasteiger partial charge in [-0.1, -0.05) is 25.4 Å². The number of nitrogens with two attached hydrogens (primary N) is 1. The molecule has 0 radical (unpaired) electrons. The van der Waals surface area contributed by atoms with E-state index in [1.165, 1.54) is 0 Å². The molecule has 0 spiro atoms. The average molecular weight is 334 g/mol. The first-order valence-electron chi connectivity index (χ1n) is 7.77. The van der Waals surface area contributed by atoms with Gasteiger partial charge in [0.2, 0.25) is 0 Å². The van der Waals surface area contributed by atoms with Crippen LogP contribution in [0.5, 0.6) is 5.75 Å². The van der Waals surface area contributed by atoms with Crippen molar-refractivity contribution in [2.24, 2.45) is 11.7 Å². The largest absolute Gasteiger partial charge is 0.490 e. The third kappa shape index (κ3) is 5.19. The Bertz CT molecular complexity index is 671. The summed E-state index contributed by atoms with van der Waals surface area (Å²) in [5, 5.41) is 0.555. The highest BCUT2D eigenvalue weighted by Crippen LogP contribution is 2.30. The van der Waals surface area contributed by atoms with Crippen molar-refractivity contribution in [3.05, 3.63) is 41.3 Å². The van der Waals surface area contributed by atoms with E-state index in [0.717, 1.165) is 23.4 Å². The summed E-state index contributed by atoms with van der Waals surface area (Å²) >= 11 is 6.34. The van der Waals surface area contributed by atoms with Gasteiger partial charge >= 0.3 is 0 Å². The number of hydrogen-bond donors (Lipinski definition) is 1. The Labute approximate surface area is 143 Å². The van der Waals surface area contributed by atoms with Gasteiger partial charge in [0.05, 0.1) is 10.7 Å². The molecule has 1 aromatic heterocycles. The highest BCUT2D eigenvalue weighted by atomic mass is 35.5.